The zero-order chi connectivity index (χ0) is 37.2. The van der Waals surface area contributed by atoms with Crippen LogP contribution in [-0.2, 0) is 0 Å². The summed E-state index contributed by atoms with van der Waals surface area (Å²) >= 11 is 1.88. The van der Waals surface area contributed by atoms with E-state index in [1.54, 1.807) is 0 Å². The van der Waals surface area contributed by atoms with Crippen molar-refractivity contribution in [2.75, 3.05) is 0 Å². The Labute approximate surface area is 330 Å². The maximum atomic E-state index is 2.46. The minimum absolute atomic E-state index is 1.22. The molecule has 11 aromatic rings. The lowest BCUT2D eigenvalue weighted by Gasteiger charge is -2.20. The molecule has 0 aliphatic carbocycles. The second kappa shape index (κ2) is 13.2. The van der Waals surface area contributed by atoms with Crippen LogP contribution in [0.4, 0.5) is 0 Å². The molecule has 0 aliphatic rings. The molecule has 0 fully saturated rings. The highest BCUT2D eigenvalue weighted by Crippen LogP contribution is 2.48. The third-order valence-corrected chi connectivity index (χ3v) is 12.7. The van der Waals surface area contributed by atoms with Gasteiger partial charge < -0.3 is 0 Å². The second-order valence-corrected chi connectivity index (χ2v) is 16.0. The number of hydrogen-bond donors (Lipinski definition) is 0. The Morgan fingerprint density at radius 3 is 1.50 bits per heavy atom. The Hall–Kier alpha value is -6.80. The highest BCUT2D eigenvalue weighted by Gasteiger charge is 2.21. The van der Waals surface area contributed by atoms with Crippen LogP contribution in [0.2, 0.25) is 0 Å². The average Bonchev–Trinajstić information content (AvgIpc) is 3.60. The molecular formula is C55H36S. The van der Waals surface area contributed by atoms with Crippen molar-refractivity contribution in [2.24, 2.45) is 0 Å². The first-order valence-electron chi connectivity index (χ1n) is 19.3. The first kappa shape index (κ1) is 32.6. The van der Waals surface area contributed by atoms with Crippen molar-refractivity contribution in [2.45, 2.75) is 6.92 Å². The lowest BCUT2D eigenvalue weighted by Crippen LogP contribution is -1.93. The summed E-state index contributed by atoms with van der Waals surface area (Å²) in [6.07, 6.45) is 0. The summed E-state index contributed by atoms with van der Waals surface area (Å²) in [6, 6.07) is 74.0. The first-order chi connectivity index (χ1) is 27.7. The average molecular weight is 729 g/mol. The fourth-order valence-electron chi connectivity index (χ4n) is 9.16. The van der Waals surface area contributed by atoms with Gasteiger partial charge in [-0.15, -0.1) is 11.3 Å². The molecule has 1 heteroatoms. The van der Waals surface area contributed by atoms with Gasteiger partial charge in [0.2, 0.25) is 0 Å². The third-order valence-electron chi connectivity index (χ3n) is 11.6. The third kappa shape index (κ3) is 5.20. The molecule has 0 spiro atoms. The molecule has 1 aromatic heterocycles. The number of rotatable bonds is 5. The molecule has 0 amide bonds. The van der Waals surface area contributed by atoms with E-state index < -0.39 is 0 Å². The number of thiophene rings is 1. The summed E-state index contributed by atoms with van der Waals surface area (Å²) in [5, 5.41) is 11.5. The fraction of sp³-hybridized carbons (Fsp3) is 0.0182. The zero-order valence-corrected chi connectivity index (χ0v) is 31.8. The van der Waals surface area contributed by atoms with E-state index in [1.165, 1.54) is 114 Å². The quantitative estimate of drug-likeness (QED) is 0.122. The van der Waals surface area contributed by atoms with Crippen LogP contribution in [0, 0.1) is 6.92 Å². The standard InChI is InChI=1S/C55H36S/c1-35-53(49-28-13-14-29-52(49)56-35)51-34-40(30-31-42(51)36-16-3-2-4-17-36)55-47-26-11-9-24-45(47)54(46-25-10-12-27-48(46)55)39-20-15-19-37(32-39)50-33-38-18-5-6-21-41(38)43-22-7-8-23-44(43)50/h2-34H,1H3. The monoisotopic (exact) mass is 728 g/mol. The van der Waals surface area contributed by atoms with Gasteiger partial charge >= 0.3 is 0 Å². The van der Waals surface area contributed by atoms with Crippen LogP contribution >= 0.6 is 11.3 Å². The smallest absolute Gasteiger partial charge is 0.0352 e. The highest BCUT2D eigenvalue weighted by atomic mass is 32.1. The van der Waals surface area contributed by atoms with Crippen LogP contribution < -0.4 is 0 Å². The van der Waals surface area contributed by atoms with Crippen LogP contribution in [0.1, 0.15) is 4.88 Å². The number of benzene rings is 10. The molecule has 11 rings (SSSR count). The molecule has 0 N–H and O–H groups in total. The molecule has 262 valence electrons. The van der Waals surface area contributed by atoms with Crippen molar-refractivity contribution in [3.8, 4) is 55.6 Å². The summed E-state index contributed by atoms with van der Waals surface area (Å²) in [4.78, 5) is 1.34. The van der Waals surface area contributed by atoms with Crippen molar-refractivity contribution >= 4 is 64.5 Å². The number of aryl methyl sites for hydroxylation is 1. The normalized spacial score (nSPS) is 11.7. The van der Waals surface area contributed by atoms with E-state index in [9.17, 15) is 0 Å². The SMILES string of the molecule is Cc1sc2ccccc2c1-c1cc(-c2c3ccccc3c(-c3cccc(-c4cc5ccccc5c5ccccc45)c3)c3ccccc23)ccc1-c1ccccc1. The van der Waals surface area contributed by atoms with Crippen LogP contribution in [0.25, 0.3) is 109 Å². The molecule has 0 nitrogen and oxygen atoms in total. The van der Waals surface area contributed by atoms with Gasteiger partial charge in [0.1, 0.15) is 0 Å². The summed E-state index contributed by atoms with van der Waals surface area (Å²) < 4.78 is 1.32. The lowest BCUT2D eigenvalue weighted by molar-refractivity contribution is 1.57. The summed E-state index contributed by atoms with van der Waals surface area (Å²) in [7, 11) is 0. The Kier molecular flexibility index (Phi) is 7.69. The van der Waals surface area contributed by atoms with E-state index in [4.69, 9.17) is 0 Å². The maximum absolute atomic E-state index is 2.46. The van der Waals surface area contributed by atoms with Gasteiger partial charge in [0.05, 0.1) is 0 Å². The molecule has 0 saturated carbocycles. The summed E-state index contributed by atoms with van der Waals surface area (Å²) in [5.41, 5.74) is 12.6. The minimum atomic E-state index is 1.22. The van der Waals surface area contributed by atoms with Gasteiger partial charge in [0.15, 0.2) is 0 Å². The molecule has 10 aromatic carbocycles. The Bertz CT molecular complexity index is 3250. The molecule has 0 radical (unpaired) electrons. The van der Waals surface area contributed by atoms with Crippen molar-refractivity contribution in [3.63, 3.8) is 0 Å². The van der Waals surface area contributed by atoms with Crippen molar-refractivity contribution in [3.05, 3.63) is 205 Å². The predicted octanol–water partition coefficient (Wildman–Crippen LogP) is 16.2. The molecule has 0 saturated heterocycles. The Morgan fingerprint density at radius 1 is 0.286 bits per heavy atom. The summed E-state index contributed by atoms with van der Waals surface area (Å²) in [5.74, 6) is 0. The topological polar surface area (TPSA) is 0 Å². The molecule has 0 aliphatic heterocycles. The molecule has 0 atom stereocenters. The van der Waals surface area contributed by atoms with E-state index in [-0.39, 0.29) is 0 Å². The molecule has 0 unspecified atom stereocenters. The predicted molar refractivity (Wildman–Crippen MR) is 244 cm³/mol. The van der Waals surface area contributed by atoms with Gasteiger partial charge in [-0.05, 0) is 124 Å². The zero-order valence-electron chi connectivity index (χ0n) is 31.0. The minimum Gasteiger partial charge on any atom is -0.140 e. The molecule has 56 heavy (non-hydrogen) atoms. The summed E-state index contributed by atoms with van der Waals surface area (Å²) in [6.45, 7) is 2.27. The Morgan fingerprint density at radius 2 is 0.804 bits per heavy atom. The van der Waals surface area contributed by atoms with Crippen molar-refractivity contribution in [1.82, 2.24) is 0 Å². The van der Waals surface area contributed by atoms with Crippen LogP contribution in [0.3, 0.4) is 0 Å². The molecule has 0 bridgehead atoms. The fourth-order valence-corrected chi connectivity index (χ4v) is 10.2. The van der Waals surface area contributed by atoms with E-state index in [2.05, 4.69) is 207 Å². The molecular weight excluding hydrogens is 693 g/mol. The van der Waals surface area contributed by atoms with Gasteiger partial charge in [-0.3, -0.25) is 0 Å². The van der Waals surface area contributed by atoms with E-state index in [1.807, 2.05) is 11.3 Å². The van der Waals surface area contributed by atoms with Gasteiger partial charge in [0.25, 0.3) is 0 Å². The van der Waals surface area contributed by atoms with Crippen molar-refractivity contribution < 1.29 is 0 Å². The van der Waals surface area contributed by atoms with Gasteiger partial charge in [-0.2, -0.15) is 0 Å². The van der Waals surface area contributed by atoms with Crippen LogP contribution in [0.5, 0.6) is 0 Å². The largest absolute Gasteiger partial charge is 0.140 e. The number of hydrogen-bond acceptors (Lipinski definition) is 1. The first-order valence-corrected chi connectivity index (χ1v) is 20.2. The van der Waals surface area contributed by atoms with Crippen molar-refractivity contribution in [1.29, 1.82) is 0 Å². The number of fused-ring (bicyclic) bond motifs is 6. The molecule has 1 heterocycles. The second-order valence-electron chi connectivity index (χ2n) is 14.8. The van der Waals surface area contributed by atoms with Gasteiger partial charge in [0, 0.05) is 20.5 Å². The maximum Gasteiger partial charge on any atom is 0.0352 e. The van der Waals surface area contributed by atoms with E-state index in [0.717, 1.165) is 0 Å². The lowest BCUT2D eigenvalue weighted by atomic mass is 9.83. The van der Waals surface area contributed by atoms with Gasteiger partial charge in [-0.1, -0.05) is 176 Å². The van der Waals surface area contributed by atoms with Gasteiger partial charge in [-0.25, -0.2) is 0 Å². The van der Waals surface area contributed by atoms with Crippen LogP contribution in [0.15, 0.2) is 200 Å². The van der Waals surface area contributed by atoms with E-state index in [0.29, 0.717) is 0 Å². The Balaban J connectivity index is 1.16. The van der Waals surface area contributed by atoms with Crippen LogP contribution in [-0.4, -0.2) is 0 Å². The van der Waals surface area contributed by atoms with E-state index >= 15 is 0 Å². The highest BCUT2D eigenvalue weighted by molar-refractivity contribution is 7.19.